The molecule has 1 N–H and O–H groups in total. The summed E-state index contributed by atoms with van der Waals surface area (Å²) in [6.45, 7) is 0.261. The molecule has 38 heavy (non-hydrogen) atoms. The summed E-state index contributed by atoms with van der Waals surface area (Å²) in [5.41, 5.74) is 1.80. The van der Waals surface area contributed by atoms with Gasteiger partial charge in [0.05, 0.1) is 11.8 Å². The van der Waals surface area contributed by atoms with E-state index in [1.54, 1.807) is 42.9 Å². The lowest BCUT2D eigenvalue weighted by molar-refractivity contribution is -0.122. The minimum atomic E-state index is -0.728. The summed E-state index contributed by atoms with van der Waals surface area (Å²) in [5, 5.41) is 7.34. The number of pyridine rings is 1. The molecular formula is C29H25FN4O4. The van der Waals surface area contributed by atoms with Crippen LogP contribution in [0, 0.1) is 11.7 Å². The van der Waals surface area contributed by atoms with E-state index in [-0.39, 0.29) is 35.9 Å². The number of fused-ring (bicyclic) bond motifs is 2. The predicted molar refractivity (Wildman–Crippen MR) is 136 cm³/mol. The molecule has 1 fully saturated rings. The van der Waals surface area contributed by atoms with Gasteiger partial charge in [-0.05, 0) is 49.4 Å². The number of amides is 1. The van der Waals surface area contributed by atoms with Crippen molar-refractivity contribution in [3.05, 3.63) is 102 Å². The van der Waals surface area contributed by atoms with Crippen LogP contribution in [-0.4, -0.2) is 26.6 Å². The number of halogens is 1. The lowest BCUT2D eigenvalue weighted by atomic mass is 9.75. The van der Waals surface area contributed by atoms with Crippen molar-refractivity contribution >= 4 is 17.7 Å². The number of aromatic nitrogens is 3. The Balaban J connectivity index is 1.20. The SMILES string of the molecule is O=C1O[C@]2(CC[C@@H](C(=O)Nc3nn(-c4ccccc4F)cc3OCc3ccccc3)CC2)c2cnccc21. The Bertz CT molecular complexity index is 1500. The number of nitrogens with one attached hydrogen (secondary N) is 1. The number of carbonyl (C=O) groups excluding carboxylic acids is 2. The highest BCUT2D eigenvalue weighted by Gasteiger charge is 2.48. The van der Waals surface area contributed by atoms with E-state index >= 15 is 0 Å². The highest BCUT2D eigenvalue weighted by atomic mass is 19.1. The molecule has 2 aromatic carbocycles. The minimum absolute atomic E-state index is 0.209. The van der Waals surface area contributed by atoms with E-state index in [0.717, 1.165) is 11.1 Å². The largest absolute Gasteiger partial charge is 0.483 e. The number of benzene rings is 2. The number of hydrogen-bond donors (Lipinski definition) is 1. The Morgan fingerprint density at radius 1 is 1.11 bits per heavy atom. The zero-order valence-electron chi connectivity index (χ0n) is 20.5. The second-order valence-corrected chi connectivity index (χ2v) is 9.58. The second-order valence-electron chi connectivity index (χ2n) is 9.58. The summed E-state index contributed by atoms with van der Waals surface area (Å²) in [6.07, 6.45) is 6.94. The summed E-state index contributed by atoms with van der Waals surface area (Å²) in [7, 11) is 0. The first-order valence-electron chi connectivity index (χ1n) is 12.5. The van der Waals surface area contributed by atoms with E-state index in [0.29, 0.717) is 37.0 Å². The first-order chi connectivity index (χ1) is 18.5. The van der Waals surface area contributed by atoms with Gasteiger partial charge in [-0.1, -0.05) is 42.5 Å². The third-order valence-corrected chi connectivity index (χ3v) is 7.24. The van der Waals surface area contributed by atoms with Crippen molar-refractivity contribution in [2.75, 3.05) is 5.32 Å². The van der Waals surface area contributed by atoms with E-state index in [9.17, 15) is 14.0 Å². The summed E-state index contributed by atoms with van der Waals surface area (Å²) in [5.74, 6) is -0.747. The average molecular weight is 513 g/mol. The number of anilines is 1. The fourth-order valence-corrected chi connectivity index (χ4v) is 5.21. The van der Waals surface area contributed by atoms with Gasteiger partial charge in [-0.25, -0.2) is 13.9 Å². The lowest BCUT2D eigenvalue weighted by Gasteiger charge is -2.35. The molecule has 0 saturated heterocycles. The van der Waals surface area contributed by atoms with Crippen LogP contribution in [0.2, 0.25) is 0 Å². The highest BCUT2D eigenvalue weighted by Crippen LogP contribution is 2.48. The molecule has 6 rings (SSSR count). The number of ether oxygens (including phenoxy) is 2. The number of para-hydroxylation sites is 1. The van der Waals surface area contributed by atoms with Gasteiger partial charge in [-0.15, -0.1) is 5.10 Å². The van der Waals surface area contributed by atoms with Crippen LogP contribution in [0.15, 0.2) is 79.3 Å². The van der Waals surface area contributed by atoms with Gasteiger partial charge in [0.25, 0.3) is 0 Å². The third-order valence-electron chi connectivity index (χ3n) is 7.24. The number of nitrogens with zero attached hydrogens (tertiary/aromatic N) is 3. The standard InChI is InChI=1S/C29H25FN4O4/c30-23-8-4-5-9-24(23)34-17-25(37-18-19-6-2-1-3-7-19)26(33-34)32-27(35)20-10-13-29(14-11-20)22-16-31-15-12-21(22)28(36)38-29/h1-9,12,15-17,20H,10-11,13-14,18H2,(H,32,33,35)/t20-,29+. The molecule has 0 atom stereocenters. The zero-order valence-corrected chi connectivity index (χ0v) is 20.5. The molecule has 0 radical (unpaired) electrons. The molecule has 8 nitrogen and oxygen atoms in total. The van der Waals surface area contributed by atoms with Gasteiger partial charge in [0.1, 0.15) is 23.7 Å². The van der Waals surface area contributed by atoms with Crippen LogP contribution in [0.4, 0.5) is 10.2 Å². The average Bonchev–Trinajstić information content (AvgIpc) is 3.47. The topological polar surface area (TPSA) is 95.3 Å². The Morgan fingerprint density at radius 2 is 1.87 bits per heavy atom. The maximum absolute atomic E-state index is 14.5. The summed E-state index contributed by atoms with van der Waals surface area (Å²) >= 11 is 0. The summed E-state index contributed by atoms with van der Waals surface area (Å²) in [6, 6.07) is 17.5. The molecule has 192 valence electrons. The van der Waals surface area contributed by atoms with Crippen LogP contribution in [0.3, 0.4) is 0 Å². The molecular weight excluding hydrogens is 487 g/mol. The van der Waals surface area contributed by atoms with Crippen LogP contribution in [0.25, 0.3) is 5.69 Å². The van der Waals surface area contributed by atoms with Crippen molar-refractivity contribution in [2.24, 2.45) is 5.92 Å². The van der Waals surface area contributed by atoms with Gasteiger partial charge in [0, 0.05) is 23.9 Å². The molecule has 4 aromatic rings. The van der Waals surface area contributed by atoms with Crippen molar-refractivity contribution in [1.82, 2.24) is 14.8 Å². The van der Waals surface area contributed by atoms with Gasteiger partial charge in [0.2, 0.25) is 5.91 Å². The summed E-state index contributed by atoms with van der Waals surface area (Å²) in [4.78, 5) is 29.8. The number of esters is 1. The molecule has 9 heteroatoms. The molecule has 0 unspecified atom stereocenters. The zero-order chi connectivity index (χ0) is 26.1. The Labute approximate surface area is 218 Å². The smallest absolute Gasteiger partial charge is 0.339 e. The van der Waals surface area contributed by atoms with Crippen molar-refractivity contribution < 1.29 is 23.5 Å². The van der Waals surface area contributed by atoms with Crippen LogP contribution >= 0.6 is 0 Å². The number of hydrogen-bond acceptors (Lipinski definition) is 6. The quantitative estimate of drug-likeness (QED) is 0.358. The molecule has 1 amide bonds. The van der Waals surface area contributed by atoms with E-state index in [4.69, 9.17) is 9.47 Å². The molecule has 1 aliphatic carbocycles. The van der Waals surface area contributed by atoms with Crippen LogP contribution in [0.5, 0.6) is 5.75 Å². The predicted octanol–water partition coefficient (Wildman–Crippen LogP) is 5.18. The number of carbonyl (C=O) groups is 2. The Kier molecular flexibility index (Phi) is 6.11. The first-order valence-corrected chi connectivity index (χ1v) is 12.5. The molecule has 2 aromatic heterocycles. The molecule has 1 aliphatic heterocycles. The van der Waals surface area contributed by atoms with E-state index < -0.39 is 11.4 Å². The van der Waals surface area contributed by atoms with Gasteiger partial charge < -0.3 is 14.8 Å². The first kappa shape index (κ1) is 23.8. The van der Waals surface area contributed by atoms with Crippen LogP contribution in [-0.2, 0) is 21.7 Å². The van der Waals surface area contributed by atoms with Gasteiger partial charge >= 0.3 is 5.97 Å². The van der Waals surface area contributed by atoms with Crippen molar-refractivity contribution in [3.8, 4) is 11.4 Å². The molecule has 2 aliphatic rings. The minimum Gasteiger partial charge on any atom is -0.483 e. The fourth-order valence-electron chi connectivity index (χ4n) is 5.21. The van der Waals surface area contributed by atoms with Gasteiger partial charge in [0.15, 0.2) is 11.6 Å². The maximum Gasteiger partial charge on any atom is 0.339 e. The van der Waals surface area contributed by atoms with Crippen LogP contribution < -0.4 is 10.1 Å². The fraction of sp³-hybridized carbons (Fsp3) is 0.241. The Morgan fingerprint density at radius 3 is 2.66 bits per heavy atom. The number of rotatable bonds is 6. The van der Waals surface area contributed by atoms with Crippen molar-refractivity contribution in [2.45, 2.75) is 37.9 Å². The van der Waals surface area contributed by atoms with Gasteiger partial charge in [-0.3, -0.25) is 9.78 Å². The molecule has 3 heterocycles. The summed E-state index contributed by atoms with van der Waals surface area (Å²) < 4.78 is 27.6. The normalized spacial score (nSPS) is 20.1. The van der Waals surface area contributed by atoms with E-state index in [1.165, 1.54) is 10.7 Å². The van der Waals surface area contributed by atoms with Crippen LogP contribution in [0.1, 0.15) is 47.2 Å². The third kappa shape index (κ3) is 4.40. The molecule has 1 spiro atoms. The Hall–Kier alpha value is -4.53. The van der Waals surface area contributed by atoms with Crippen molar-refractivity contribution in [3.63, 3.8) is 0 Å². The monoisotopic (exact) mass is 512 g/mol. The van der Waals surface area contributed by atoms with E-state index in [1.807, 2.05) is 30.3 Å². The van der Waals surface area contributed by atoms with Gasteiger partial charge in [-0.2, -0.15) is 0 Å². The maximum atomic E-state index is 14.5. The highest BCUT2D eigenvalue weighted by molar-refractivity contribution is 5.95. The molecule has 0 bridgehead atoms. The van der Waals surface area contributed by atoms with Crippen molar-refractivity contribution in [1.29, 1.82) is 0 Å². The second kappa shape index (κ2) is 9.74. The molecule has 1 saturated carbocycles. The lowest BCUT2D eigenvalue weighted by Crippen LogP contribution is -2.36. The van der Waals surface area contributed by atoms with E-state index in [2.05, 4.69) is 15.4 Å².